The Labute approximate surface area is 87.3 Å². The molecule has 0 aromatic heterocycles. The molecule has 0 saturated heterocycles. The second-order valence-electron chi connectivity index (χ2n) is 4.37. The first-order valence-electron chi connectivity index (χ1n) is 4.93. The van der Waals surface area contributed by atoms with Gasteiger partial charge in [0, 0.05) is 6.07 Å². The van der Waals surface area contributed by atoms with Crippen molar-refractivity contribution in [2.45, 2.75) is 25.2 Å². The van der Waals surface area contributed by atoms with Gasteiger partial charge in [-0.15, -0.1) is 0 Å². The van der Waals surface area contributed by atoms with Gasteiger partial charge in [-0.1, -0.05) is 6.92 Å². The maximum atomic E-state index is 13.0. The van der Waals surface area contributed by atoms with Crippen LogP contribution in [0.3, 0.4) is 0 Å². The van der Waals surface area contributed by atoms with E-state index in [1.165, 1.54) is 12.1 Å². The third-order valence-electron chi connectivity index (χ3n) is 3.02. The number of benzene rings is 1. The highest BCUT2D eigenvalue weighted by molar-refractivity contribution is 5.36. The first kappa shape index (κ1) is 10.1. The second kappa shape index (κ2) is 3.30. The Balaban J connectivity index is 2.41. The Morgan fingerprint density at radius 3 is 2.20 bits per heavy atom. The fourth-order valence-corrected chi connectivity index (χ4v) is 2.35. The van der Waals surface area contributed by atoms with Crippen molar-refractivity contribution in [3.8, 4) is 6.07 Å². The molecular weight excluding hydrogens is 196 g/mol. The van der Waals surface area contributed by atoms with Crippen LogP contribution in [0.4, 0.5) is 8.78 Å². The predicted molar refractivity (Wildman–Crippen MR) is 52.0 cm³/mol. The molecule has 0 unspecified atom stereocenters. The monoisotopic (exact) mass is 207 g/mol. The maximum absolute atomic E-state index is 13.0. The van der Waals surface area contributed by atoms with Gasteiger partial charge in [-0.3, -0.25) is 0 Å². The largest absolute Gasteiger partial charge is 0.207 e. The first-order chi connectivity index (χ1) is 7.05. The molecule has 1 aliphatic carbocycles. The Bertz CT molecular complexity index is 407. The Morgan fingerprint density at radius 1 is 1.27 bits per heavy atom. The van der Waals surface area contributed by atoms with Crippen molar-refractivity contribution in [2.75, 3.05) is 0 Å². The summed E-state index contributed by atoms with van der Waals surface area (Å²) >= 11 is 0. The van der Waals surface area contributed by atoms with Crippen LogP contribution in [0.25, 0.3) is 0 Å². The van der Waals surface area contributed by atoms with Gasteiger partial charge in [-0.25, -0.2) is 8.78 Å². The van der Waals surface area contributed by atoms with Crippen LogP contribution < -0.4 is 0 Å². The van der Waals surface area contributed by atoms with Crippen LogP contribution in [-0.2, 0) is 5.41 Å². The van der Waals surface area contributed by atoms with E-state index in [1.54, 1.807) is 0 Å². The topological polar surface area (TPSA) is 23.8 Å². The van der Waals surface area contributed by atoms with E-state index >= 15 is 0 Å². The van der Waals surface area contributed by atoms with Gasteiger partial charge >= 0.3 is 0 Å². The summed E-state index contributed by atoms with van der Waals surface area (Å²) in [6, 6.07) is 5.54. The van der Waals surface area contributed by atoms with Crippen molar-refractivity contribution in [3.63, 3.8) is 0 Å². The lowest BCUT2D eigenvalue weighted by atomic mass is 9.60. The molecule has 0 heterocycles. The molecule has 0 radical (unpaired) electrons. The quantitative estimate of drug-likeness (QED) is 0.694. The molecule has 1 aliphatic rings. The van der Waals surface area contributed by atoms with E-state index in [9.17, 15) is 8.78 Å². The van der Waals surface area contributed by atoms with Gasteiger partial charge in [-0.2, -0.15) is 5.26 Å². The fourth-order valence-electron chi connectivity index (χ4n) is 2.35. The standard InChI is InChI=1S/C12H11F2N/c1-8-5-12(6-8,7-15)9-2-10(13)4-11(14)3-9/h2-4,8H,5-6H2,1H3/t8-,12-. The lowest BCUT2D eigenvalue weighted by Crippen LogP contribution is -2.38. The van der Waals surface area contributed by atoms with Crippen molar-refractivity contribution >= 4 is 0 Å². The number of rotatable bonds is 1. The van der Waals surface area contributed by atoms with Crippen molar-refractivity contribution in [1.82, 2.24) is 0 Å². The Morgan fingerprint density at radius 2 is 1.80 bits per heavy atom. The van der Waals surface area contributed by atoms with Gasteiger partial charge in [0.05, 0.1) is 11.5 Å². The molecule has 0 N–H and O–H groups in total. The van der Waals surface area contributed by atoms with Crippen molar-refractivity contribution in [2.24, 2.45) is 5.92 Å². The average Bonchev–Trinajstić information content (AvgIpc) is 2.10. The van der Waals surface area contributed by atoms with Crippen LogP contribution in [0.2, 0.25) is 0 Å². The fraction of sp³-hybridized carbons (Fsp3) is 0.417. The van der Waals surface area contributed by atoms with E-state index in [2.05, 4.69) is 6.07 Å². The van der Waals surface area contributed by atoms with Gasteiger partial charge < -0.3 is 0 Å². The van der Waals surface area contributed by atoms with Crippen LogP contribution in [-0.4, -0.2) is 0 Å². The van der Waals surface area contributed by atoms with Crippen LogP contribution in [0.5, 0.6) is 0 Å². The summed E-state index contributed by atoms with van der Waals surface area (Å²) in [5, 5.41) is 9.09. The van der Waals surface area contributed by atoms with Crippen LogP contribution in [0.1, 0.15) is 25.3 Å². The highest BCUT2D eigenvalue weighted by atomic mass is 19.1. The van der Waals surface area contributed by atoms with Crippen LogP contribution in [0, 0.1) is 28.9 Å². The molecular formula is C12H11F2N. The summed E-state index contributed by atoms with van der Waals surface area (Å²) in [5.74, 6) is -0.769. The van der Waals surface area contributed by atoms with E-state index in [0.29, 0.717) is 24.3 Å². The highest BCUT2D eigenvalue weighted by Gasteiger charge is 2.44. The zero-order valence-electron chi connectivity index (χ0n) is 8.43. The van der Waals surface area contributed by atoms with Crippen molar-refractivity contribution in [3.05, 3.63) is 35.4 Å². The van der Waals surface area contributed by atoms with E-state index in [1.807, 2.05) is 6.92 Å². The third kappa shape index (κ3) is 1.61. The van der Waals surface area contributed by atoms with Gasteiger partial charge in [0.15, 0.2) is 0 Å². The summed E-state index contributed by atoms with van der Waals surface area (Å²) in [6.45, 7) is 2.03. The number of hydrogen-bond acceptors (Lipinski definition) is 1. The predicted octanol–water partition coefficient (Wildman–Crippen LogP) is 3.16. The molecule has 0 amide bonds. The second-order valence-corrected chi connectivity index (χ2v) is 4.37. The summed E-state index contributed by atoms with van der Waals surface area (Å²) < 4.78 is 26.0. The molecule has 1 saturated carbocycles. The van der Waals surface area contributed by atoms with Crippen LogP contribution in [0.15, 0.2) is 18.2 Å². The summed E-state index contributed by atoms with van der Waals surface area (Å²) in [4.78, 5) is 0. The molecule has 1 fully saturated rings. The molecule has 0 bridgehead atoms. The zero-order chi connectivity index (χ0) is 11.1. The molecule has 0 spiro atoms. The molecule has 1 aromatic rings. The number of nitrogens with zero attached hydrogens (tertiary/aromatic N) is 1. The lowest BCUT2D eigenvalue weighted by molar-refractivity contribution is 0.216. The lowest BCUT2D eigenvalue weighted by Gasteiger charge is -2.41. The smallest absolute Gasteiger partial charge is 0.126 e. The first-order valence-corrected chi connectivity index (χ1v) is 4.93. The maximum Gasteiger partial charge on any atom is 0.126 e. The minimum absolute atomic E-state index is 0.455. The molecule has 1 nitrogen and oxygen atoms in total. The van der Waals surface area contributed by atoms with Gasteiger partial charge in [0.1, 0.15) is 11.6 Å². The van der Waals surface area contributed by atoms with Crippen LogP contribution >= 0.6 is 0 Å². The zero-order valence-corrected chi connectivity index (χ0v) is 8.43. The average molecular weight is 207 g/mol. The normalized spacial score (nSPS) is 29.3. The number of nitriles is 1. The molecule has 3 heteroatoms. The van der Waals surface area contributed by atoms with E-state index in [-0.39, 0.29) is 0 Å². The third-order valence-corrected chi connectivity index (χ3v) is 3.02. The number of hydrogen-bond donors (Lipinski definition) is 0. The molecule has 0 atom stereocenters. The summed E-state index contributed by atoms with van der Waals surface area (Å²) in [7, 11) is 0. The molecule has 2 rings (SSSR count). The van der Waals surface area contributed by atoms with Crippen molar-refractivity contribution < 1.29 is 8.78 Å². The molecule has 0 aliphatic heterocycles. The van der Waals surface area contributed by atoms with E-state index in [0.717, 1.165) is 6.07 Å². The Hall–Kier alpha value is -1.43. The van der Waals surface area contributed by atoms with E-state index in [4.69, 9.17) is 5.26 Å². The minimum atomic E-state index is -0.664. The summed E-state index contributed by atoms with van der Waals surface area (Å²) in [5.41, 5.74) is -0.192. The van der Waals surface area contributed by atoms with Gasteiger partial charge in [-0.05, 0) is 36.5 Å². The molecule has 15 heavy (non-hydrogen) atoms. The Kier molecular flexibility index (Phi) is 2.22. The van der Waals surface area contributed by atoms with Gasteiger partial charge in [0.25, 0.3) is 0 Å². The van der Waals surface area contributed by atoms with Crippen molar-refractivity contribution in [1.29, 1.82) is 5.26 Å². The summed E-state index contributed by atoms with van der Waals surface area (Å²) in [6.07, 6.45) is 1.37. The highest BCUT2D eigenvalue weighted by Crippen LogP contribution is 2.47. The van der Waals surface area contributed by atoms with Gasteiger partial charge in [0.2, 0.25) is 0 Å². The SMILES string of the molecule is C[C@H]1C[C@](C#N)(c2cc(F)cc(F)c2)C1. The molecule has 1 aromatic carbocycles. The number of halogens is 2. The van der Waals surface area contributed by atoms with E-state index < -0.39 is 17.0 Å². The minimum Gasteiger partial charge on any atom is -0.207 e. The molecule has 78 valence electrons.